The lowest BCUT2D eigenvalue weighted by Gasteiger charge is -2.11. The first kappa shape index (κ1) is 14.4. The molecule has 2 N–H and O–H groups in total. The molecular formula is C16H18ClNS. The van der Waals surface area contributed by atoms with Crippen LogP contribution in [-0.2, 0) is 6.42 Å². The van der Waals surface area contributed by atoms with Crippen LogP contribution in [0.15, 0.2) is 53.4 Å². The van der Waals surface area contributed by atoms with Gasteiger partial charge < -0.3 is 5.73 Å². The molecule has 2 aromatic carbocycles. The van der Waals surface area contributed by atoms with Crippen LogP contribution in [0.5, 0.6) is 0 Å². The van der Waals surface area contributed by atoms with Gasteiger partial charge in [0.2, 0.25) is 0 Å². The zero-order valence-corrected chi connectivity index (χ0v) is 12.5. The Hall–Kier alpha value is -0.960. The summed E-state index contributed by atoms with van der Waals surface area (Å²) in [5, 5.41) is 0.774. The SMILES string of the molecule is Cc1cccc(SCC(N)Cc2cccc(Cl)c2)c1. The second-order valence-corrected chi connectivity index (χ2v) is 6.25. The standard InChI is InChI=1S/C16H18ClNS/c1-12-4-2-7-16(8-12)19-11-15(18)10-13-5-3-6-14(17)9-13/h2-9,15H,10-11,18H2,1H3. The Balaban J connectivity index is 1.86. The molecule has 2 aromatic rings. The highest BCUT2D eigenvalue weighted by Gasteiger charge is 2.06. The van der Waals surface area contributed by atoms with Gasteiger partial charge in [-0.25, -0.2) is 0 Å². The second-order valence-electron chi connectivity index (χ2n) is 4.72. The summed E-state index contributed by atoms with van der Waals surface area (Å²) in [6, 6.07) is 16.6. The van der Waals surface area contributed by atoms with Gasteiger partial charge in [0.1, 0.15) is 0 Å². The van der Waals surface area contributed by atoms with Crippen molar-refractivity contribution in [1.29, 1.82) is 0 Å². The van der Waals surface area contributed by atoms with Crippen molar-refractivity contribution >= 4 is 23.4 Å². The maximum absolute atomic E-state index is 6.18. The highest BCUT2D eigenvalue weighted by atomic mass is 35.5. The molecule has 1 unspecified atom stereocenters. The molecule has 0 bridgehead atoms. The number of halogens is 1. The molecule has 0 fully saturated rings. The van der Waals surface area contributed by atoms with Gasteiger partial charge in [-0.1, -0.05) is 41.4 Å². The Bertz CT molecular complexity index is 542. The fourth-order valence-corrected chi connectivity index (χ4v) is 3.12. The van der Waals surface area contributed by atoms with Gasteiger partial charge in [0, 0.05) is 21.7 Å². The van der Waals surface area contributed by atoms with Gasteiger partial charge in [0.15, 0.2) is 0 Å². The fraction of sp³-hybridized carbons (Fsp3) is 0.250. The van der Waals surface area contributed by atoms with E-state index in [1.165, 1.54) is 16.0 Å². The predicted molar refractivity (Wildman–Crippen MR) is 85.0 cm³/mol. The molecule has 1 atom stereocenters. The Morgan fingerprint density at radius 1 is 1.16 bits per heavy atom. The first-order chi connectivity index (χ1) is 9.13. The Kier molecular flexibility index (Phi) is 5.32. The summed E-state index contributed by atoms with van der Waals surface area (Å²) in [4.78, 5) is 1.28. The molecule has 0 heterocycles. The summed E-state index contributed by atoms with van der Waals surface area (Å²) >= 11 is 7.78. The Morgan fingerprint density at radius 3 is 2.68 bits per heavy atom. The minimum Gasteiger partial charge on any atom is -0.327 e. The first-order valence-electron chi connectivity index (χ1n) is 6.33. The third-order valence-electron chi connectivity index (χ3n) is 2.84. The predicted octanol–water partition coefficient (Wildman–Crippen LogP) is 4.31. The maximum atomic E-state index is 6.18. The lowest BCUT2D eigenvalue weighted by molar-refractivity contribution is 0.749. The number of hydrogen-bond donors (Lipinski definition) is 1. The summed E-state index contributed by atoms with van der Waals surface area (Å²) in [6.45, 7) is 2.11. The normalized spacial score (nSPS) is 12.4. The molecule has 0 aliphatic carbocycles. The van der Waals surface area contributed by atoms with Crippen molar-refractivity contribution in [2.45, 2.75) is 24.3 Å². The van der Waals surface area contributed by atoms with Crippen LogP contribution >= 0.6 is 23.4 Å². The van der Waals surface area contributed by atoms with Gasteiger partial charge in [-0.15, -0.1) is 11.8 Å². The molecule has 0 aliphatic rings. The van der Waals surface area contributed by atoms with Crippen LogP contribution in [0.25, 0.3) is 0 Å². The highest BCUT2D eigenvalue weighted by Crippen LogP contribution is 2.20. The van der Waals surface area contributed by atoms with Crippen molar-refractivity contribution in [1.82, 2.24) is 0 Å². The molecule has 0 aliphatic heterocycles. The number of hydrogen-bond acceptors (Lipinski definition) is 2. The zero-order valence-electron chi connectivity index (χ0n) is 11.0. The minimum atomic E-state index is 0.143. The molecule has 0 spiro atoms. The molecule has 0 saturated carbocycles. The van der Waals surface area contributed by atoms with E-state index in [0.717, 1.165) is 17.2 Å². The molecular weight excluding hydrogens is 274 g/mol. The van der Waals surface area contributed by atoms with Crippen molar-refractivity contribution in [2.24, 2.45) is 5.73 Å². The van der Waals surface area contributed by atoms with Gasteiger partial charge in [-0.3, -0.25) is 0 Å². The summed E-state index contributed by atoms with van der Waals surface area (Å²) < 4.78 is 0. The molecule has 3 heteroatoms. The van der Waals surface area contributed by atoms with Gasteiger partial charge >= 0.3 is 0 Å². The second kappa shape index (κ2) is 6.99. The van der Waals surface area contributed by atoms with Crippen LogP contribution in [0.2, 0.25) is 5.02 Å². The zero-order chi connectivity index (χ0) is 13.7. The Labute approximate surface area is 124 Å². The number of aryl methyl sites for hydroxylation is 1. The van der Waals surface area contributed by atoms with Crippen LogP contribution in [0, 0.1) is 6.92 Å². The average Bonchev–Trinajstić information content (AvgIpc) is 2.36. The van der Waals surface area contributed by atoms with Crippen molar-refractivity contribution < 1.29 is 0 Å². The average molecular weight is 292 g/mol. The first-order valence-corrected chi connectivity index (χ1v) is 7.69. The van der Waals surface area contributed by atoms with Crippen molar-refractivity contribution in [3.05, 3.63) is 64.7 Å². The number of nitrogens with two attached hydrogens (primary N) is 1. The minimum absolute atomic E-state index is 0.143. The smallest absolute Gasteiger partial charge is 0.0408 e. The van der Waals surface area contributed by atoms with E-state index in [2.05, 4.69) is 37.3 Å². The van der Waals surface area contributed by atoms with Crippen LogP contribution in [-0.4, -0.2) is 11.8 Å². The van der Waals surface area contributed by atoms with Crippen LogP contribution in [0.3, 0.4) is 0 Å². The fourth-order valence-electron chi connectivity index (χ4n) is 1.93. The van der Waals surface area contributed by atoms with Crippen molar-refractivity contribution in [3.8, 4) is 0 Å². The summed E-state index contributed by atoms with van der Waals surface area (Å²) in [6.07, 6.45) is 0.860. The van der Waals surface area contributed by atoms with E-state index in [9.17, 15) is 0 Å². The molecule has 100 valence electrons. The van der Waals surface area contributed by atoms with E-state index in [1.54, 1.807) is 0 Å². The van der Waals surface area contributed by atoms with E-state index in [0.29, 0.717) is 0 Å². The van der Waals surface area contributed by atoms with Crippen LogP contribution in [0.1, 0.15) is 11.1 Å². The Morgan fingerprint density at radius 2 is 1.95 bits per heavy atom. The third kappa shape index (κ3) is 4.90. The number of rotatable bonds is 5. The summed E-state index contributed by atoms with van der Waals surface area (Å²) in [5.74, 6) is 0.913. The van der Waals surface area contributed by atoms with Gasteiger partial charge in [-0.05, 0) is 43.2 Å². The topological polar surface area (TPSA) is 26.0 Å². The highest BCUT2D eigenvalue weighted by molar-refractivity contribution is 7.99. The van der Waals surface area contributed by atoms with Gasteiger partial charge in [0.05, 0.1) is 0 Å². The monoisotopic (exact) mass is 291 g/mol. The molecule has 0 aromatic heterocycles. The third-order valence-corrected chi connectivity index (χ3v) is 4.26. The molecule has 0 saturated heterocycles. The molecule has 0 radical (unpaired) electrons. The molecule has 0 amide bonds. The largest absolute Gasteiger partial charge is 0.327 e. The maximum Gasteiger partial charge on any atom is 0.0408 e. The molecule has 1 nitrogen and oxygen atoms in total. The lowest BCUT2D eigenvalue weighted by Crippen LogP contribution is -2.25. The van der Waals surface area contributed by atoms with E-state index in [1.807, 2.05) is 30.0 Å². The molecule has 19 heavy (non-hydrogen) atoms. The number of benzene rings is 2. The number of thioether (sulfide) groups is 1. The van der Waals surface area contributed by atoms with Crippen molar-refractivity contribution in [3.63, 3.8) is 0 Å². The van der Waals surface area contributed by atoms with E-state index in [-0.39, 0.29) is 6.04 Å². The van der Waals surface area contributed by atoms with Crippen LogP contribution < -0.4 is 5.73 Å². The summed E-state index contributed by atoms with van der Waals surface area (Å²) in [7, 11) is 0. The van der Waals surface area contributed by atoms with Crippen LogP contribution in [0.4, 0.5) is 0 Å². The van der Waals surface area contributed by atoms with Gasteiger partial charge in [0.25, 0.3) is 0 Å². The molecule has 2 rings (SSSR count). The van der Waals surface area contributed by atoms with Crippen molar-refractivity contribution in [2.75, 3.05) is 5.75 Å². The lowest BCUT2D eigenvalue weighted by atomic mass is 10.1. The van der Waals surface area contributed by atoms with E-state index < -0.39 is 0 Å². The van der Waals surface area contributed by atoms with E-state index in [4.69, 9.17) is 17.3 Å². The summed E-state index contributed by atoms with van der Waals surface area (Å²) in [5.41, 5.74) is 8.66. The van der Waals surface area contributed by atoms with Gasteiger partial charge in [-0.2, -0.15) is 0 Å². The quantitative estimate of drug-likeness (QED) is 0.831. The van der Waals surface area contributed by atoms with E-state index >= 15 is 0 Å².